The number of ether oxygens (including phenoxy) is 1. The lowest BCUT2D eigenvalue weighted by atomic mass is 9.75. The van der Waals surface area contributed by atoms with E-state index in [-0.39, 0.29) is 42.7 Å². The van der Waals surface area contributed by atoms with Crippen molar-refractivity contribution in [2.75, 3.05) is 6.61 Å². The van der Waals surface area contributed by atoms with Gasteiger partial charge in [0.2, 0.25) is 0 Å². The molecule has 6 heteroatoms. The molecule has 1 saturated heterocycles. The Bertz CT molecular complexity index is 629. The molecule has 0 N–H and O–H groups in total. The van der Waals surface area contributed by atoms with Crippen molar-refractivity contribution in [1.29, 1.82) is 5.26 Å². The predicted molar refractivity (Wildman–Crippen MR) is 73.7 cm³/mol. The summed E-state index contributed by atoms with van der Waals surface area (Å²) in [5, 5.41) is 20.2. The minimum atomic E-state index is -1.32. The van der Waals surface area contributed by atoms with Gasteiger partial charge in [0, 0.05) is 11.5 Å². The van der Waals surface area contributed by atoms with Crippen LogP contribution >= 0.6 is 0 Å². The van der Waals surface area contributed by atoms with Gasteiger partial charge in [0.1, 0.15) is 0 Å². The first-order chi connectivity index (χ1) is 10.6. The summed E-state index contributed by atoms with van der Waals surface area (Å²) in [6, 6.07) is 1.83. The van der Waals surface area contributed by atoms with Crippen molar-refractivity contribution in [3.63, 3.8) is 0 Å². The first kappa shape index (κ1) is 14.8. The molecule has 0 bridgehead atoms. The first-order valence-corrected chi connectivity index (χ1v) is 7.55. The Balaban J connectivity index is 1.95. The number of β-lactam (4-membered cyclic amide) rings is 1. The van der Waals surface area contributed by atoms with Gasteiger partial charge in [-0.25, -0.2) is 0 Å². The van der Waals surface area contributed by atoms with Crippen LogP contribution in [0.3, 0.4) is 0 Å². The van der Waals surface area contributed by atoms with Crippen LogP contribution in [0.25, 0.3) is 0 Å². The highest BCUT2D eigenvalue weighted by Gasteiger charge is 2.56. The molecule has 0 aromatic carbocycles. The number of allylic oxidation sites excluding steroid dienone is 1. The van der Waals surface area contributed by atoms with Gasteiger partial charge in [0.25, 0.3) is 5.91 Å². The van der Waals surface area contributed by atoms with Crippen LogP contribution in [0.2, 0.25) is 0 Å². The Morgan fingerprint density at radius 2 is 2.32 bits per heavy atom. The van der Waals surface area contributed by atoms with Crippen molar-refractivity contribution in [2.24, 2.45) is 5.92 Å². The molecule has 22 heavy (non-hydrogen) atoms. The molecule has 1 saturated carbocycles. The molecule has 0 aromatic rings. The Morgan fingerprint density at radius 1 is 1.55 bits per heavy atom. The van der Waals surface area contributed by atoms with E-state index >= 15 is 0 Å². The number of aliphatic carboxylic acids is 1. The highest BCUT2D eigenvalue weighted by Crippen LogP contribution is 2.51. The molecular formula is C16H17N2O4-. The zero-order chi connectivity index (χ0) is 15.9. The molecule has 1 amide bonds. The van der Waals surface area contributed by atoms with Gasteiger partial charge < -0.3 is 14.6 Å². The van der Waals surface area contributed by atoms with E-state index in [1.54, 1.807) is 13.0 Å². The van der Waals surface area contributed by atoms with Crippen LogP contribution in [0.4, 0.5) is 0 Å². The topological polar surface area (TPSA) is 93.5 Å². The molecule has 116 valence electrons. The van der Waals surface area contributed by atoms with E-state index in [2.05, 4.69) is 0 Å². The van der Waals surface area contributed by atoms with Crippen LogP contribution in [0, 0.1) is 17.2 Å². The maximum absolute atomic E-state index is 12.1. The smallest absolute Gasteiger partial charge is 0.256 e. The van der Waals surface area contributed by atoms with Crippen LogP contribution in [0.5, 0.6) is 0 Å². The Labute approximate surface area is 128 Å². The number of hydrogen-bond acceptors (Lipinski definition) is 5. The highest BCUT2D eigenvalue weighted by molar-refractivity contribution is 6.08. The summed E-state index contributed by atoms with van der Waals surface area (Å²) in [7, 11) is 0. The molecule has 0 spiro atoms. The van der Waals surface area contributed by atoms with Crippen molar-refractivity contribution in [3.05, 3.63) is 22.9 Å². The minimum absolute atomic E-state index is 0.00219. The van der Waals surface area contributed by atoms with Crippen LogP contribution in [-0.2, 0) is 14.3 Å². The summed E-state index contributed by atoms with van der Waals surface area (Å²) in [5.74, 6) is -1.57. The number of nitrogens with zero attached hydrogens (tertiary/aromatic N) is 2. The van der Waals surface area contributed by atoms with Gasteiger partial charge in [-0.2, -0.15) is 5.26 Å². The fourth-order valence-corrected chi connectivity index (χ4v) is 3.90. The van der Waals surface area contributed by atoms with E-state index in [9.17, 15) is 14.7 Å². The largest absolute Gasteiger partial charge is 0.543 e. The Morgan fingerprint density at radius 3 is 2.95 bits per heavy atom. The first-order valence-electron chi connectivity index (χ1n) is 7.55. The minimum Gasteiger partial charge on any atom is -0.543 e. The van der Waals surface area contributed by atoms with E-state index in [0.717, 1.165) is 12.8 Å². The molecule has 0 aromatic heterocycles. The van der Waals surface area contributed by atoms with E-state index < -0.39 is 5.97 Å². The molecule has 1 aliphatic carbocycles. The molecule has 3 aliphatic rings. The third kappa shape index (κ3) is 1.97. The van der Waals surface area contributed by atoms with Gasteiger partial charge in [-0.15, -0.1) is 0 Å². The standard InChI is InChI=1S/C16H18N2O4/c1-2-9-13-10-5-3-6-11(22-8-4-7-17)12(10)14(16(20)21)18(13)15(9)19/h2,10-11,13H,3-6,8H2,1H3,(H,20,21)/p-1/b9-2+/t10-,11-,13-/m0/s1. The second-order valence-electron chi connectivity index (χ2n) is 5.76. The lowest BCUT2D eigenvalue weighted by Gasteiger charge is -2.42. The summed E-state index contributed by atoms with van der Waals surface area (Å²) in [4.78, 5) is 25.1. The number of hydrogen-bond donors (Lipinski definition) is 0. The number of fused-ring (bicyclic) bond motifs is 3. The third-order valence-electron chi connectivity index (χ3n) is 4.72. The number of carboxylic acid groups (broad SMARTS) is 1. The van der Waals surface area contributed by atoms with Crippen molar-refractivity contribution >= 4 is 11.9 Å². The van der Waals surface area contributed by atoms with Gasteiger partial charge >= 0.3 is 0 Å². The molecule has 2 heterocycles. The SMILES string of the molecule is C/C=C1/C(=O)N2C(C(=O)[O-])=C3[C@@H](OCCC#N)CCC[C@@H]3[C@H]12. The number of carbonyl (C=O) groups excluding carboxylic acids is 2. The fourth-order valence-electron chi connectivity index (χ4n) is 3.90. The second kappa shape index (κ2) is 5.58. The fraction of sp³-hybridized carbons (Fsp3) is 0.562. The van der Waals surface area contributed by atoms with E-state index in [0.29, 0.717) is 17.6 Å². The van der Waals surface area contributed by atoms with Gasteiger partial charge in [0.15, 0.2) is 0 Å². The maximum atomic E-state index is 12.1. The number of rotatable bonds is 4. The quantitative estimate of drug-likeness (QED) is 0.422. The normalized spacial score (nSPS) is 31.6. The molecule has 0 unspecified atom stereocenters. The van der Waals surface area contributed by atoms with E-state index in [4.69, 9.17) is 10.00 Å². The van der Waals surface area contributed by atoms with Crippen molar-refractivity contribution in [1.82, 2.24) is 4.90 Å². The lowest BCUT2D eigenvalue weighted by molar-refractivity contribution is -0.301. The Kier molecular flexibility index (Phi) is 3.75. The molecular weight excluding hydrogens is 284 g/mol. The summed E-state index contributed by atoms with van der Waals surface area (Å²) in [6.07, 6.45) is 4.17. The average molecular weight is 301 g/mol. The summed E-state index contributed by atoms with van der Waals surface area (Å²) < 4.78 is 5.72. The summed E-state index contributed by atoms with van der Waals surface area (Å²) >= 11 is 0. The van der Waals surface area contributed by atoms with Crippen molar-refractivity contribution < 1.29 is 19.4 Å². The van der Waals surface area contributed by atoms with E-state index in [1.165, 1.54) is 4.90 Å². The number of nitriles is 1. The molecule has 6 nitrogen and oxygen atoms in total. The highest BCUT2D eigenvalue weighted by atomic mass is 16.5. The van der Waals surface area contributed by atoms with Gasteiger partial charge in [-0.3, -0.25) is 9.69 Å². The molecule has 3 rings (SSSR count). The van der Waals surface area contributed by atoms with Crippen LogP contribution in [0.1, 0.15) is 32.6 Å². The van der Waals surface area contributed by atoms with Gasteiger partial charge in [-0.1, -0.05) is 6.08 Å². The second-order valence-corrected chi connectivity index (χ2v) is 5.76. The van der Waals surface area contributed by atoms with Gasteiger partial charge in [0.05, 0.1) is 42.9 Å². The number of amides is 1. The van der Waals surface area contributed by atoms with Crippen molar-refractivity contribution in [3.8, 4) is 6.07 Å². The zero-order valence-electron chi connectivity index (χ0n) is 12.4. The monoisotopic (exact) mass is 301 g/mol. The average Bonchev–Trinajstić information content (AvgIpc) is 2.80. The third-order valence-corrected chi connectivity index (χ3v) is 4.72. The van der Waals surface area contributed by atoms with Gasteiger partial charge in [-0.05, 0) is 31.8 Å². The number of carboxylic acids is 1. The number of carbonyl (C=O) groups is 2. The lowest BCUT2D eigenvalue weighted by Crippen LogP contribution is -2.56. The summed E-state index contributed by atoms with van der Waals surface area (Å²) in [5.41, 5.74) is 1.35. The van der Waals surface area contributed by atoms with E-state index in [1.807, 2.05) is 6.07 Å². The Hall–Kier alpha value is -2.13. The predicted octanol–water partition coefficient (Wildman–Crippen LogP) is 0.260. The van der Waals surface area contributed by atoms with Crippen molar-refractivity contribution in [2.45, 2.75) is 44.8 Å². The molecule has 3 atom stereocenters. The molecule has 0 radical (unpaired) electrons. The van der Waals surface area contributed by atoms with Crippen LogP contribution in [-0.4, -0.2) is 35.5 Å². The summed E-state index contributed by atoms with van der Waals surface area (Å²) in [6.45, 7) is 2.07. The van der Waals surface area contributed by atoms with Crippen LogP contribution in [0.15, 0.2) is 22.9 Å². The zero-order valence-corrected chi connectivity index (χ0v) is 12.4. The molecule has 2 aliphatic heterocycles. The van der Waals surface area contributed by atoms with Crippen LogP contribution < -0.4 is 5.11 Å². The molecule has 2 fully saturated rings. The maximum Gasteiger partial charge on any atom is 0.256 e.